The molecule has 0 aliphatic heterocycles. The molecule has 0 saturated carbocycles. The van der Waals surface area contributed by atoms with Gasteiger partial charge in [-0.25, -0.2) is 4.79 Å². The van der Waals surface area contributed by atoms with Crippen LogP contribution in [0.4, 0.5) is 5.69 Å². The van der Waals surface area contributed by atoms with Gasteiger partial charge in [0.25, 0.3) is 5.91 Å². The van der Waals surface area contributed by atoms with Gasteiger partial charge >= 0.3 is 5.97 Å². The lowest BCUT2D eigenvalue weighted by molar-refractivity contribution is 0.0696. The van der Waals surface area contributed by atoms with E-state index in [1.54, 1.807) is 18.2 Å². The van der Waals surface area contributed by atoms with Gasteiger partial charge in [0.05, 0.1) is 11.1 Å². The first-order chi connectivity index (χ1) is 9.88. The maximum atomic E-state index is 12.4. The number of amides is 1. The molecule has 0 aliphatic rings. The molecule has 2 N–H and O–H groups in total. The summed E-state index contributed by atoms with van der Waals surface area (Å²) in [4.78, 5) is 23.3. The molecule has 2 aromatic rings. The molecule has 2 rings (SSSR count). The fourth-order valence-electron chi connectivity index (χ4n) is 1.65. The molecule has 1 amide bonds. The Hall–Kier alpha value is -0.430. The summed E-state index contributed by atoms with van der Waals surface area (Å²) in [5.41, 5.74) is 1.18. The Bertz CT molecular complexity index is 731. The lowest BCUT2D eigenvalue weighted by Gasteiger charge is -2.09. The van der Waals surface area contributed by atoms with Crippen molar-refractivity contribution >= 4 is 85.3 Å². The zero-order chi connectivity index (χ0) is 15.6. The van der Waals surface area contributed by atoms with E-state index >= 15 is 0 Å². The number of carboxylic acid groups (broad SMARTS) is 1. The number of carbonyl (C=O) groups is 2. The molecule has 0 bridgehead atoms. The SMILES string of the molecule is O=C(O)c1cccc(NC(=O)c2cc(I)cc(I)c2I)c1. The van der Waals surface area contributed by atoms with E-state index in [-0.39, 0.29) is 11.5 Å². The molecule has 0 saturated heterocycles. The van der Waals surface area contributed by atoms with E-state index in [9.17, 15) is 9.59 Å². The smallest absolute Gasteiger partial charge is 0.335 e. The number of carboxylic acids is 1. The van der Waals surface area contributed by atoms with E-state index in [4.69, 9.17) is 5.11 Å². The van der Waals surface area contributed by atoms with Crippen LogP contribution in [0.15, 0.2) is 36.4 Å². The van der Waals surface area contributed by atoms with Gasteiger partial charge in [-0.1, -0.05) is 6.07 Å². The molecule has 21 heavy (non-hydrogen) atoms. The second-order valence-electron chi connectivity index (χ2n) is 4.09. The molecule has 0 atom stereocenters. The highest BCUT2D eigenvalue weighted by molar-refractivity contribution is 14.1. The van der Waals surface area contributed by atoms with Gasteiger partial charge in [0.1, 0.15) is 0 Å². The highest BCUT2D eigenvalue weighted by Crippen LogP contribution is 2.24. The number of nitrogens with one attached hydrogen (secondary N) is 1. The molecular weight excluding hydrogens is 611 g/mol. The number of benzene rings is 2. The third kappa shape index (κ3) is 4.28. The zero-order valence-corrected chi connectivity index (χ0v) is 16.8. The monoisotopic (exact) mass is 619 g/mol. The summed E-state index contributed by atoms with van der Waals surface area (Å²) in [6, 6.07) is 9.98. The van der Waals surface area contributed by atoms with Crippen molar-refractivity contribution in [1.29, 1.82) is 0 Å². The van der Waals surface area contributed by atoms with Crippen LogP contribution in [0.2, 0.25) is 0 Å². The summed E-state index contributed by atoms with van der Waals surface area (Å²) in [5.74, 6) is -1.28. The van der Waals surface area contributed by atoms with Crippen LogP contribution < -0.4 is 5.32 Å². The average molecular weight is 619 g/mol. The number of halogens is 3. The summed E-state index contributed by atoms with van der Waals surface area (Å²) >= 11 is 6.48. The van der Waals surface area contributed by atoms with Crippen LogP contribution in [-0.4, -0.2) is 17.0 Å². The van der Waals surface area contributed by atoms with Crippen LogP contribution in [0.3, 0.4) is 0 Å². The van der Waals surface area contributed by atoms with Crippen LogP contribution in [0.1, 0.15) is 20.7 Å². The second-order valence-corrected chi connectivity index (χ2v) is 7.58. The maximum absolute atomic E-state index is 12.4. The van der Waals surface area contributed by atoms with E-state index in [0.717, 1.165) is 10.7 Å². The van der Waals surface area contributed by atoms with Gasteiger partial charge in [0.2, 0.25) is 0 Å². The number of anilines is 1. The largest absolute Gasteiger partial charge is 0.478 e. The van der Waals surface area contributed by atoms with Crippen LogP contribution in [0.25, 0.3) is 0 Å². The number of aromatic carboxylic acids is 1. The minimum absolute atomic E-state index is 0.139. The predicted octanol–water partition coefficient (Wildman–Crippen LogP) is 4.45. The Balaban J connectivity index is 2.30. The van der Waals surface area contributed by atoms with Crippen LogP contribution in [0, 0.1) is 10.7 Å². The predicted molar refractivity (Wildman–Crippen MR) is 106 cm³/mol. The standard InChI is InChI=1S/C14H8I3NO3/c15-8-5-10(12(17)11(16)6-8)13(19)18-9-3-1-2-7(4-9)14(20)21/h1-6H,(H,18,19)(H,20,21). The fraction of sp³-hybridized carbons (Fsp3) is 0. The van der Waals surface area contributed by atoms with Crippen molar-refractivity contribution in [2.75, 3.05) is 5.32 Å². The number of hydrogen-bond acceptors (Lipinski definition) is 2. The molecular formula is C14H8I3NO3. The van der Waals surface area contributed by atoms with Crippen molar-refractivity contribution in [3.8, 4) is 0 Å². The molecule has 108 valence electrons. The maximum Gasteiger partial charge on any atom is 0.335 e. The average Bonchev–Trinajstić information content (AvgIpc) is 2.43. The highest BCUT2D eigenvalue weighted by Gasteiger charge is 2.14. The van der Waals surface area contributed by atoms with Crippen LogP contribution >= 0.6 is 67.8 Å². The fourth-order valence-corrected chi connectivity index (χ4v) is 4.05. The highest BCUT2D eigenvalue weighted by atomic mass is 127. The topological polar surface area (TPSA) is 66.4 Å². The summed E-state index contributed by atoms with van der Waals surface area (Å²) in [7, 11) is 0. The lowest BCUT2D eigenvalue weighted by atomic mass is 10.2. The number of carbonyl (C=O) groups excluding carboxylic acids is 1. The molecule has 0 aromatic heterocycles. The first-order valence-electron chi connectivity index (χ1n) is 5.67. The Labute approximate surface area is 162 Å². The summed E-state index contributed by atoms with van der Waals surface area (Å²) in [6.07, 6.45) is 0. The molecule has 7 heteroatoms. The summed E-state index contributed by atoms with van der Waals surface area (Å²) in [5, 5.41) is 11.7. The molecule has 0 fully saturated rings. The third-order valence-corrected chi connectivity index (χ3v) is 6.27. The van der Waals surface area contributed by atoms with E-state index in [1.165, 1.54) is 12.1 Å². The molecule has 0 spiro atoms. The van der Waals surface area contributed by atoms with Crippen LogP contribution in [0.5, 0.6) is 0 Å². The van der Waals surface area contributed by atoms with Crippen molar-refractivity contribution in [1.82, 2.24) is 0 Å². The minimum Gasteiger partial charge on any atom is -0.478 e. The van der Waals surface area contributed by atoms with Gasteiger partial charge in [-0.05, 0) is 98.1 Å². The van der Waals surface area contributed by atoms with E-state index < -0.39 is 5.97 Å². The lowest BCUT2D eigenvalue weighted by Crippen LogP contribution is -2.15. The second kappa shape index (κ2) is 7.22. The van der Waals surface area contributed by atoms with Gasteiger partial charge in [-0.3, -0.25) is 4.79 Å². The van der Waals surface area contributed by atoms with Crippen molar-refractivity contribution in [3.05, 3.63) is 58.2 Å². The van der Waals surface area contributed by atoms with Gasteiger partial charge in [-0.2, -0.15) is 0 Å². The molecule has 0 radical (unpaired) electrons. The normalized spacial score (nSPS) is 10.2. The van der Waals surface area contributed by atoms with Crippen molar-refractivity contribution in [2.45, 2.75) is 0 Å². The molecule has 0 heterocycles. The Morgan fingerprint density at radius 1 is 1.05 bits per heavy atom. The van der Waals surface area contributed by atoms with E-state index in [2.05, 4.69) is 73.1 Å². The quantitative estimate of drug-likeness (QED) is 0.395. The number of hydrogen-bond donors (Lipinski definition) is 2. The van der Waals surface area contributed by atoms with Crippen molar-refractivity contribution in [2.24, 2.45) is 0 Å². The van der Waals surface area contributed by atoms with Gasteiger partial charge in [0, 0.05) is 16.4 Å². The van der Waals surface area contributed by atoms with Gasteiger partial charge in [-0.15, -0.1) is 0 Å². The first-order valence-corrected chi connectivity index (χ1v) is 8.91. The third-order valence-electron chi connectivity index (χ3n) is 2.61. The summed E-state index contributed by atoms with van der Waals surface area (Å²) < 4.78 is 2.85. The van der Waals surface area contributed by atoms with Crippen molar-refractivity contribution < 1.29 is 14.7 Å². The molecule has 4 nitrogen and oxygen atoms in total. The first kappa shape index (κ1) is 16.9. The minimum atomic E-state index is -1.02. The Kier molecular flexibility index (Phi) is 5.82. The number of rotatable bonds is 3. The Morgan fingerprint density at radius 3 is 2.43 bits per heavy atom. The Morgan fingerprint density at radius 2 is 1.76 bits per heavy atom. The van der Waals surface area contributed by atoms with Crippen LogP contribution in [-0.2, 0) is 0 Å². The van der Waals surface area contributed by atoms with E-state index in [0.29, 0.717) is 11.3 Å². The molecule has 2 aromatic carbocycles. The molecule has 0 aliphatic carbocycles. The summed E-state index contributed by atoms with van der Waals surface area (Å²) in [6.45, 7) is 0. The van der Waals surface area contributed by atoms with Gasteiger partial charge < -0.3 is 10.4 Å². The van der Waals surface area contributed by atoms with E-state index in [1.807, 2.05) is 6.07 Å². The van der Waals surface area contributed by atoms with Gasteiger partial charge in [0.15, 0.2) is 0 Å². The molecule has 0 unspecified atom stereocenters. The van der Waals surface area contributed by atoms with Crippen molar-refractivity contribution in [3.63, 3.8) is 0 Å². The zero-order valence-electron chi connectivity index (χ0n) is 10.4.